The first kappa shape index (κ1) is 6.81. The van der Waals surface area contributed by atoms with Crippen molar-refractivity contribution in [2.45, 2.75) is 0 Å². The molecule has 48 valence electrons. The summed E-state index contributed by atoms with van der Waals surface area (Å²) < 4.78 is 5.78. The third kappa shape index (κ3) is 2.18. The zero-order valence-corrected chi connectivity index (χ0v) is 6.97. The summed E-state index contributed by atoms with van der Waals surface area (Å²) in [6.45, 7) is 0. The van der Waals surface area contributed by atoms with Gasteiger partial charge in [0.05, 0.1) is 0 Å². The molecule has 0 bridgehead atoms. The minimum atomic E-state index is -0.512. The summed E-state index contributed by atoms with van der Waals surface area (Å²) in [5.41, 5.74) is 0. The van der Waals surface area contributed by atoms with E-state index in [0.717, 1.165) is 0 Å². The molecule has 0 aliphatic carbocycles. The molecule has 2 N–H and O–H groups in total. The van der Waals surface area contributed by atoms with Crippen LogP contribution >= 0.6 is 0 Å². The average Bonchev–Trinajstić information content (AvgIpc) is 1.91. The number of hydrogen-bond acceptors (Lipinski definition) is 2. The van der Waals surface area contributed by atoms with Crippen molar-refractivity contribution in [3.63, 3.8) is 0 Å². The number of hydrogen-bond donors (Lipinski definition) is 1. The van der Waals surface area contributed by atoms with E-state index in [-0.39, 0.29) is 0 Å². The van der Waals surface area contributed by atoms with E-state index in [2.05, 4.69) is 3.83 Å². The Labute approximate surface area is 61.0 Å². The van der Waals surface area contributed by atoms with Crippen LogP contribution in [-0.2, 0) is 3.83 Å². The van der Waals surface area contributed by atoms with Crippen molar-refractivity contribution in [3.05, 3.63) is 30.3 Å². The summed E-state index contributed by atoms with van der Waals surface area (Å²) in [5, 5.41) is 0. The fourth-order valence-electron chi connectivity index (χ4n) is 0.574. The standard InChI is InChI=1S/C6H8AsNO/c8-9-7-6-4-2-1-3-5-6/h1-5,7H,8H2. The number of nitrogens with two attached hydrogens (primary N) is 1. The Hall–Kier alpha value is -0.302. The molecule has 1 aromatic rings. The predicted octanol–water partition coefficient (Wildman–Crippen LogP) is -0.446. The van der Waals surface area contributed by atoms with E-state index in [1.54, 1.807) is 0 Å². The number of benzene rings is 1. The van der Waals surface area contributed by atoms with E-state index in [4.69, 9.17) is 5.90 Å². The van der Waals surface area contributed by atoms with Gasteiger partial charge in [-0.1, -0.05) is 0 Å². The second kappa shape index (κ2) is 3.67. The molecule has 3 heteroatoms. The van der Waals surface area contributed by atoms with E-state index < -0.39 is 16.1 Å². The molecular formula is C6H8AsNO. The minimum absolute atomic E-state index is 0.512. The van der Waals surface area contributed by atoms with Crippen molar-refractivity contribution in [1.29, 1.82) is 0 Å². The van der Waals surface area contributed by atoms with Crippen molar-refractivity contribution < 1.29 is 3.83 Å². The van der Waals surface area contributed by atoms with E-state index in [1.807, 2.05) is 30.3 Å². The van der Waals surface area contributed by atoms with Gasteiger partial charge in [0.25, 0.3) is 0 Å². The van der Waals surface area contributed by atoms with Gasteiger partial charge in [-0.3, -0.25) is 0 Å². The second-order valence-electron chi connectivity index (χ2n) is 1.59. The zero-order valence-electron chi connectivity index (χ0n) is 4.87. The molecular weight excluding hydrogens is 177 g/mol. The molecule has 9 heavy (non-hydrogen) atoms. The quantitative estimate of drug-likeness (QED) is 0.500. The molecule has 0 radical (unpaired) electrons. The van der Waals surface area contributed by atoms with Crippen LogP contribution in [0.15, 0.2) is 30.3 Å². The van der Waals surface area contributed by atoms with Crippen molar-refractivity contribution in [3.8, 4) is 0 Å². The molecule has 0 saturated heterocycles. The summed E-state index contributed by atoms with van der Waals surface area (Å²) in [7, 11) is 0. The van der Waals surface area contributed by atoms with Crippen LogP contribution < -0.4 is 10.2 Å². The molecule has 0 spiro atoms. The monoisotopic (exact) mass is 185 g/mol. The van der Waals surface area contributed by atoms with Crippen LogP contribution in [0, 0.1) is 0 Å². The molecule has 1 aromatic carbocycles. The number of rotatable bonds is 2. The normalized spacial score (nSPS) is 10.8. The van der Waals surface area contributed by atoms with Gasteiger partial charge < -0.3 is 0 Å². The van der Waals surface area contributed by atoms with Gasteiger partial charge >= 0.3 is 60.5 Å². The van der Waals surface area contributed by atoms with Crippen molar-refractivity contribution in [1.82, 2.24) is 0 Å². The molecule has 0 fully saturated rings. The van der Waals surface area contributed by atoms with Gasteiger partial charge in [0.1, 0.15) is 0 Å². The Morgan fingerprint density at radius 1 is 1.22 bits per heavy atom. The van der Waals surface area contributed by atoms with Gasteiger partial charge in [0.15, 0.2) is 0 Å². The Morgan fingerprint density at radius 2 is 1.89 bits per heavy atom. The van der Waals surface area contributed by atoms with Gasteiger partial charge in [0.2, 0.25) is 0 Å². The first-order valence-electron chi connectivity index (χ1n) is 2.60. The van der Waals surface area contributed by atoms with Crippen LogP contribution in [-0.4, -0.2) is 16.1 Å². The molecule has 0 aliphatic rings. The second-order valence-corrected chi connectivity index (χ2v) is 3.72. The summed E-state index contributed by atoms with van der Waals surface area (Å²) in [5.74, 6) is 4.92. The average molecular weight is 185 g/mol. The molecule has 1 rings (SSSR count). The molecule has 0 aromatic heterocycles. The Bertz CT molecular complexity index is 166. The fraction of sp³-hybridized carbons (Fsp3) is 0. The molecule has 0 aliphatic heterocycles. The van der Waals surface area contributed by atoms with E-state index in [9.17, 15) is 0 Å². The van der Waals surface area contributed by atoms with Gasteiger partial charge in [-0.05, 0) is 0 Å². The summed E-state index contributed by atoms with van der Waals surface area (Å²) in [6.07, 6.45) is 0. The van der Waals surface area contributed by atoms with Gasteiger partial charge in [-0.25, -0.2) is 0 Å². The first-order chi connectivity index (χ1) is 4.43. The van der Waals surface area contributed by atoms with Crippen LogP contribution in [0.3, 0.4) is 0 Å². The maximum absolute atomic E-state index is 4.92. The summed E-state index contributed by atoms with van der Waals surface area (Å²) in [6, 6.07) is 9.99. The Morgan fingerprint density at radius 3 is 2.44 bits per heavy atom. The summed E-state index contributed by atoms with van der Waals surface area (Å²) >= 11 is -0.512. The summed E-state index contributed by atoms with van der Waals surface area (Å²) in [4.78, 5) is 0. The van der Waals surface area contributed by atoms with Gasteiger partial charge in [-0.15, -0.1) is 0 Å². The molecule has 1 atom stereocenters. The molecule has 0 amide bonds. The fourth-order valence-corrected chi connectivity index (χ4v) is 1.55. The first-order valence-corrected chi connectivity index (χ1v) is 4.51. The van der Waals surface area contributed by atoms with E-state index >= 15 is 0 Å². The zero-order chi connectivity index (χ0) is 6.53. The van der Waals surface area contributed by atoms with Crippen LogP contribution in [0.5, 0.6) is 0 Å². The van der Waals surface area contributed by atoms with Gasteiger partial charge in [0, 0.05) is 0 Å². The van der Waals surface area contributed by atoms with Crippen LogP contribution in [0.4, 0.5) is 0 Å². The predicted molar refractivity (Wildman–Crippen MR) is 38.5 cm³/mol. The van der Waals surface area contributed by atoms with Crippen molar-refractivity contribution >= 4 is 20.4 Å². The molecule has 0 heterocycles. The third-order valence-electron chi connectivity index (χ3n) is 0.951. The van der Waals surface area contributed by atoms with E-state index in [0.29, 0.717) is 0 Å². The Balaban J connectivity index is 2.61. The van der Waals surface area contributed by atoms with Crippen molar-refractivity contribution in [2.24, 2.45) is 5.90 Å². The van der Waals surface area contributed by atoms with Gasteiger partial charge in [-0.2, -0.15) is 0 Å². The van der Waals surface area contributed by atoms with Crippen LogP contribution in [0.25, 0.3) is 0 Å². The third-order valence-corrected chi connectivity index (χ3v) is 2.39. The van der Waals surface area contributed by atoms with Crippen molar-refractivity contribution in [2.75, 3.05) is 0 Å². The molecule has 2 nitrogen and oxygen atoms in total. The molecule has 1 unspecified atom stereocenters. The maximum atomic E-state index is 4.92. The Kier molecular flexibility index (Phi) is 2.78. The van der Waals surface area contributed by atoms with Crippen LogP contribution in [0.2, 0.25) is 0 Å². The molecule has 0 saturated carbocycles. The van der Waals surface area contributed by atoms with Crippen LogP contribution in [0.1, 0.15) is 0 Å². The van der Waals surface area contributed by atoms with E-state index in [1.165, 1.54) is 4.35 Å². The topological polar surface area (TPSA) is 35.2 Å². The SMILES string of the molecule is NO[AsH]c1ccccc1.